The van der Waals surface area contributed by atoms with Crippen molar-refractivity contribution in [2.75, 3.05) is 23.7 Å². The van der Waals surface area contributed by atoms with Gasteiger partial charge in [0.15, 0.2) is 0 Å². The number of pyridine rings is 1. The summed E-state index contributed by atoms with van der Waals surface area (Å²) >= 11 is 0. The summed E-state index contributed by atoms with van der Waals surface area (Å²) in [5, 5.41) is 3.22. The third-order valence-electron chi connectivity index (χ3n) is 3.72. The van der Waals surface area contributed by atoms with Gasteiger partial charge in [-0.3, -0.25) is 4.72 Å². The molecule has 1 heterocycles. The highest BCUT2D eigenvalue weighted by Crippen LogP contribution is 2.23. The lowest BCUT2D eigenvalue weighted by atomic mass is 10.1. The molecular formula is C18H25N3O3S. The minimum Gasteiger partial charge on any atom is -0.496 e. The number of anilines is 2. The lowest BCUT2D eigenvalue weighted by Gasteiger charge is -2.11. The molecule has 6 nitrogen and oxygen atoms in total. The van der Waals surface area contributed by atoms with Crippen LogP contribution in [0.1, 0.15) is 25.8 Å². The molecule has 0 aliphatic rings. The van der Waals surface area contributed by atoms with Crippen molar-refractivity contribution < 1.29 is 13.2 Å². The number of sulfonamides is 1. The Morgan fingerprint density at radius 3 is 2.52 bits per heavy atom. The molecule has 0 spiro atoms. The van der Waals surface area contributed by atoms with Crippen molar-refractivity contribution in [3.8, 4) is 5.75 Å². The summed E-state index contributed by atoms with van der Waals surface area (Å²) in [6.07, 6.45) is 2.55. The van der Waals surface area contributed by atoms with Gasteiger partial charge in [0.2, 0.25) is 0 Å². The second-order valence-electron chi connectivity index (χ2n) is 6.28. The summed E-state index contributed by atoms with van der Waals surface area (Å²) in [6, 6.07) is 8.19. The lowest BCUT2D eigenvalue weighted by molar-refractivity contribution is 0.411. The van der Waals surface area contributed by atoms with Crippen LogP contribution in [-0.2, 0) is 10.0 Å². The average molecular weight is 363 g/mol. The van der Waals surface area contributed by atoms with Crippen LogP contribution in [0.4, 0.5) is 11.5 Å². The van der Waals surface area contributed by atoms with E-state index in [0.29, 0.717) is 17.4 Å². The quantitative estimate of drug-likeness (QED) is 0.748. The molecule has 1 aromatic carbocycles. The van der Waals surface area contributed by atoms with E-state index in [2.05, 4.69) is 28.9 Å². The van der Waals surface area contributed by atoms with E-state index in [-0.39, 0.29) is 4.90 Å². The van der Waals surface area contributed by atoms with Crippen molar-refractivity contribution in [3.05, 3.63) is 42.1 Å². The molecule has 0 unspecified atom stereocenters. The highest BCUT2D eigenvalue weighted by Gasteiger charge is 2.15. The van der Waals surface area contributed by atoms with Crippen molar-refractivity contribution in [1.82, 2.24) is 4.98 Å². The van der Waals surface area contributed by atoms with Gasteiger partial charge in [-0.15, -0.1) is 0 Å². The number of hydrogen-bond acceptors (Lipinski definition) is 5. The normalized spacial score (nSPS) is 11.4. The van der Waals surface area contributed by atoms with Crippen LogP contribution in [0, 0.1) is 12.8 Å². The number of hydrogen-bond donors (Lipinski definition) is 2. The van der Waals surface area contributed by atoms with Crippen molar-refractivity contribution >= 4 is 21.5 Å². The van der Waals surface area contributed by atoms with E-state index in [4.69, 9.17) is 4.74 Å². The molecule has 0 aliphatic carbocycles. The molecule has 2 rings (SSSR count). The zero-order valence-corrected chi connectivity index (χ0v) is 15.9. The molecule has 2 aromatic rings. The molecule has 0 saturated carbocycles. The van der Waals surface area contributed by atoms with Gasteiger partial charge in [0.1, 0.15) is 11.6 Å². The van der Waals surface area contributed by atoms with Crippen molar-refractivity contribution in [2.24, 2.45) is 5.92 Å². The maximum atomic E-state index is 12.5. The van der Waals surface area contributed by atoms with Crippen LogP contribution >= 0.6 is 0 Å². The summed E-state index contributed by atoms with van der Waals surface area (Å²) in [5.41, 5.74) is 1.18. The van der Waals surface area contributed by atoms with Gasteiger partial charge in [-0.1, -0.05) is 13.8 Å². The first-order chi connectivity index (χ1) is 11.8. The first kappa shape index (κ1) is 19.1. The van der Waals surface area contributed by atoms with E-state index in [0.717, 1.165) is 24.3 Å². The monoisotopic (exact) mass is 363 g/mol. The van der Waals surface area contributed by atoms with Crippen LogP contribution in [0.5, 0.6) is 5.75 Å². The molecule has 0 bridgehead atoms. The third kappa shape index (κ3) is 5.35. The number of aromatic nitrogens is 1. The number of benzene rings is 1. The highest BCUT2D eigenvalue weighted by atomic mass is 32.2. The summed E-state index contributed by atoms with van der Waals surface area (Å²) in [5.74, 6) is 1.99. The topological polar surface area (TPSA) is 80.3 Å². The van der Waals surface area contributed by atoms with Crippen molar-refractivity contribution in [2.45, 2.75) is 32.1 Å². The Kier molecular flexibility index (Phi) is 6.25. The van der Waals surface area contributed by atoms with Gasteiger partial charge in [-0.25, -0.2) is 13.4 Å². The van der Waals surface area contributed by atoms with Gasteiger partial charge in [0.05, 0.1) is 23.9 Å². The van der Waals surface area contributed by atoms with Crippen LogP contribution in [-0.4, -0.2) is 27.1 Å². The lowest BCUT2D eigenvalue weighted by Crippen LogP contribution is -2.13. The largest absolute Gasteiger partial charge is 0.496 e. The number of ether oxygens (including phenoxy) is 1. The van der Waals surface area contributed by atoms with E-state index in [9.17, 15) is 8.42 Å². The average Bonchev–Trinajstić information content (AvgIpc) is 2.56. The molecular weight excluding hydrogens is 338 g/mol. The fraction of sp³-hybridized carbons (Fsp3) is 0.389. The fourth-order valence-electron chi connectivity index (χ4n) is 2.28. The molecule has 0 atom stereocenters. The summed E-state index contributed by atoms with van der Waals surface area (Å²) in [4.78, 5) is 4.43. The number of methoxy groups -OCH3 is 1. The Morgan fingerprint density at radius 1 is 1.20 bits per heavy atom. The molecule has 136 valence electrons. The van der Waals surface area contributed by atoms with Gasteiger partial charge < -0.3 is 10.1 Å². The number of aryl methyl sites for hydroxylation is 1. The Bertz CT molecular complexity index is 803. The molecule has 7 heteroatoms. The maximum absolute atomic E-state index is 12.5. The van der Waals surface area contributed by atoms with E-state index in [1.165, 1.54) is 12.3 Å². The standard InChI is InChI=1S/C18H25N3O3S/c1-13(2)9-10-19-18-8-5-15(12-20-18)21-25(22,23)16-6-7-17(24-4)14(3)11-16/h5-8,11-13,21H,9-10H2,1-4H3,(H,19,20). The molecule has 0 aliphatic heterocycles. The Morgan fingerprint density at radius 2 is 1.96 bits per heavy atom. The second kappa shape index (κ2) is 8.20. The van der Waals surface area contributed by atoms with Crippen molar-refractivity contribution in [1.29, 1.82) is 0 Å². The molecule has 0 radical (unpaired) electrons. The van der Waals surface area contributed by atoms with Gasteiger partial charge in [0.25, 0.3) is 10.0 Å². The van der Waals surface area contributed by atoms with Gasteiger partial charge in [-0.2, -0.15) is 0 Å². The van der Waals surface area contributed by atoms with Gasteiger partial charge in [0, 0.05) is 6.54 Å². The van der Waals surface area contributed by atoms with Gasteiger partial charge >= 0.3 is 0 Å². The fourth-order valence-corrected chi connectivity index (χ4v) is 3.41. The van der Waals surface area contributed by atoms with Crippen LogP contribution in [0.3, 0.4) is 0 Å². The molecule has 0 saturated heterocycles. The van der Waals surface area contributed by atoms with Crippen LogP contribution < -0.4 is 14.8 Å². The van der Waals surface area contributed by atoms with E-state index < -0.39 is 10.0 Å². The Labute approximate surface area is 149 Å². The Balaban J connectivity index is 2.06. The smallest absolute Gasteiger partial charge is 0.261 e. The van der Waals surface area contributed by atoms with E-state index in [1.807, 2.05) is 0 Å². The predicted molar refractivity (Wildman–Crippen MR) is 101 cm³/mol. The Hall–Kier alpha value is -2.28. The maximum Gasteiger partial charge on any atom is 0.261 e. The SMILES string of the molecule is COc1ccc(S(=O)(=O)Nc2ccc(NCCC(C)C)nc2)cc1C. The molecule has 0 amide bonds. The first-order valence-corrected chi connectivity index (χ1v) is 9.67. The van der Waals surface area contributed by atoms with E-state index >= 15 is 0 Å². The van der Waals surface area contributed by atoms with Crippen LogP contribution in [0.25, 0.3) is 0 Å². The minimum atomic E-state index is -3.67. The van der Waals surface area contributed by atoms with Crippen molar-refractivity contribution in [3.63, 3.8) is 0 Å². The summed E-state index contributed by atoms with van der Waals surface area (Å²) in [6.45, 7) is 6.96. The first-order valence-electron chi connectivity index (χ1n) is 8.19. The van der Waals surface area contributed by atoms with Gasteiger partial charge in [-0.05, 0) is 55.2 Å². The van der Waals surface area contributed by atoms with E-state index in [1.54, 1.807) is 38.3 Å². The summed E-state index contributed by atoms with van der Waals surface area (Å²) in [7, 11) is -2.12. The number of nitrogens with one attached hydrogen (secondary N) is 2. The summed E-state index contributed by atoms with van der Waals surface area (Å²) < 4.78 is 32.7. The molecule has 0 fully saturated rings. The second-order valence-corrected chi connectivity index (χ2v) is 7.96. The highest BCUT2D eigenvalue weighted by molar-refractivity contribution is 7.92. The zero-order valence-electron chi connectivity index (χ0n) is 15.0. The molecule has 25 heavy (non-hydrogen) atoms. The number of nitrogens with zero attached hydrogens (tertiary/aromatic N) is 1. The van der Waals surface area contributed by atoms with Crippen LogP contribution in [0.2, 0.25) is 0 Å². The zero-order chi connectivity index (χ0) is 18.4. The molecule has 2 N–H and O–H groups in total. The van der Waals surface area contributed by atoms with Crippen LogP contribution in [0.15, 0.2) is 41.4 Å². The number of rotatable bonds is 8. The third-order valence-corrected chi connectivity index (χ3v) is 5.10. The molecule has 1 aromatic heterocycles. The predicted octanol–water partition coefficient (Wildman–Crippen LogP) is 3.66. The minimum absolute atomic E-state index is 0.185.